The molecule has 0 aliphatic heterocycles. The molecule has 13 heavy (non-hydrogen) atoms. The van der Waals surface area contributed by atoms with Crippen LogP contribution in [0.15, 0.2) is 0 Å². The maximum absolute atomic E-state index is 11.3. The molecule has 0 aliphatic rings. The SMILES string of the molecule is CC(C)(COC(=O)C(C)(C)C)NCl. The summed E-state index contributed by atoms with van der Waals surface area (Å²) in [4.78, 5) is 13.9. The first-order valence-corrected chi connectivity index (χ1v) is 4.62. The summed E-state index contributed by atoms with van der Waals surface area (Å²) in [7, 11) is 0. The maximum Gasteiger partial charge on any atom is 0.311 e. The smallest absolute Gasteiger partial charge is 0.311 e. The van der Waals surface area contributed by atoms with Crippen LogP contribution in [0.25, 0.3) is 0 Å². The van der Waals surface area contributed by atoms with Crippen molar-refractivity contribution < 1.29 is 9.53 Å². The molecular formula is C9H18ClNO2. The van der Waals surface area contributed by atoms with Crippen LogP contribution in [0.4, 0.5) is 0 Å². The van der Waals surface area contributed by atoms with Crippen molar-refractivity contribution in [2.45, 2.75) is 40.2 Å². The summed E-state index contributed by atoms with van der Waals surface area (Å²) in [6.45, 7) is 9.43. The van der Waals surface area contributed by atoms with Gasteiger partial charge in [0.15, 0.2) is 0 Å². The molecule has 1 N–H and O–H groups in total. The fourth-order valence-electron chi connectivity index (χ4n) is 0.490. The van der Waals surface area contributed by atoms with Gasteiger partial charge >= 0.3 is 5.97 Å². The van der Waals surface area contributed by atoms with Crippen molar-refractivity contribution in [1.82, 2.24) is 4.84 Å². The predicted molar refractivity (Wildman–Crippen MR) is 53.5 cm³/mol. The second kappa shape index (κ2) is 4.29. The summed E-state index contributed by atoms with van der Waals surface area (Å²) >= 11 is 5.45. The Hall–Kier alpha value is -0.280. The molecule has 78 valence electrons. The van der Waals surface area contributed by atoms with Gasteiger partial charge in [-0.15, -0.1) is 0 Å². The molecule has 0 heterocycles. The van der Waals surface area contributed by atoms with Crippen molar-refractivity contribution in [3.63, 3.8) is 0 Å². The summed E-state index contributed by atoms with van der Waals surface area (Å²) in [5.41, 5.74) is -0.842. The van der Waals surface area contributed by atoms with E-state index in [1.54, 1.807) is 0 Å². The molecule has 0 spiro atoms. The molecule has 0 bridgehead atoms. The monoisotopic (exact) mass is 207 g/mol. The van der Waals surface area contributed by atoms with Crippen LogP contribution in [0, 0.1) is 5.41 Å². The van der Waals surface area contributed by atoms with E-state index in [-0.39, 0.29) is 18.1 Å². The third-order valence-electron chi connectivity index (χ3n) is 1.43. The largest absolute Gasteiger partial charge is 0.463 e. The van der Waals surface area contributed by atoms with Gasteiger partial charge in [-0.2, -0.15) is 0 Å². The van der Waals surface area contributed by atoms with Crippen molar-refractivity contribution >= 4 is 17.7 Å². The number of hydrogen-bond acceptors (Lipinski definition) is 3. The number of halogens is 1. The number of ether oxygens (including phenoxy) is 1. The second-order valence-corrected chi connectivity index (χ2v) is 4.99. The molecular weight excluding hydrogens is 190 g/mol. The number of esters is 1. The fourth-order valence-corrected chi connectivity index (χ4v) is 0.544. The van der Waals surface area contributed by atoms with E-state index in [4.69, 9.17) is 16.5 Å². The highest BCUT2D eigenvalue weighted by molar-refractivity contribution is 6.13. The molecule has 0 fully saturated rings. The fraction of sp³-hybridized carbons (Fsp3) is 0.889. The van der Waals surface area contributed by atoms with Crippen molar-refractivity contribution in [1.29, 1.82) is 0 Å². The van der Waals surface area contributed by atoms with Crippen molar-refractivity contribution in [3.05, 3.63) is 0 Å². The highest BCUT2D eigenvalue weighted by Crippen LogP contribution is 2.16. The van der Waals surface area contributed by atoms with Gasteiger partial charge in [0.1, 0.15) is 6.61 Å². The molecule has 0 saturated carbocycles. The van der Waals surface area contributed by atoms with Crippen molar-refractivity contribution in [2.24, 2.45) is 5.41 Å². The zero-order valence-electron chi connectivity index (χ0n) is 8.90. The topological polar surface area (TPSA) is 38.3 Å². The van der Waals surface area contributed by atoms with Crippen LogP contribution in [0.1, 0.15) is 34.6 Å². The van der Waals surface area contributed by atoms with Gasteiger partial charge in [0.05, 0.1) is 11.0 Å². The summed E-state index contributed by atoms with van der Waals surface area (Å²) < 4.78 is 5.08. The Bertz CT molecular complexity index is 185. The van der Waals surface area contributed by atoms with E-state index in [9.17, 15) is 4.79 Å². The average molecular weight is 208 g/mol. The molecule has 0 unspecified atom stereocenters. The lowest BCUT2D eigenvalue weighted by Crippen LogP contribution is -2.40. The Morgan fingerprint density at radius 2 is 1.77 bits per heavy atom. The first-order chi connectivity index (χ1) is 5.69. The van der Waals surface area contributed by atoms with Gasteiger partial charge in [0.2, 0.25) is 0 Å². The Morgan fingerprint density at radius 1 is 1.31 bits per heavy atom. The van der Waals surface area contributed by atoms with E-state index in [1.165, 1.54) is 0 Å². The van der Waals surface area contributed by atoms with Gasteiger partial charge < -0.3 is 4.74 Å². The van der Waals surface area contributed by atoms with Gasteiger partial charge in [-0.1, -0.05) is 0 Å². The molecule has 0 radical (unpaired) electrons. The van der Waals surface area contributed by atoms with E-state index in [0.29, 0.717) is 0 Å². The standard InChI is InChI=1S/C9H18ClNO2/c1-8(2,3)7(12)13-6-9(4,5)11-10/h11H,6H2,1-5H3. The zero-order valence-corrected chi connectivity index (χ0v) is 9.66. The number of rotatable bonds is 3. The Morgan fingerprint density at radius 3 is 2.08 bits per heavy atom. The Labute approximate surface area is 84.9 Å². The van der Waals surface area contributed by atoms with E-state index in [0.717, 1.165) is 0 Å². The Kier molecular flexibility index (Phi) is 4.20. The minimum absolute atomic E-state index is 0.215. The third-order valence-corrected chi connectivity index (χ3v) is 1.94. The van der Waals surface area contributed by atoms with Crippen LogP contribution < -0.4 is 4.84 Å². The molecule has 0 aromatic heterocycles. The molecule has 3 nitrogen and oxygen atoms in total. The number of carbonyl (C=O) groups excluding carboxylic acids is 1. The van der Waals surface area contributed by atoms with Gasteiger partial charge in [-0.05, 0) is 46.4 Å². The van der Waals surface area contributed by atoms with Crippen LogP contribution in [0.5, 0.6) is 0 Å². The lowest BCUT2D eigenvalue weighted by atomic mass is 9.97. The average Bonchev–Trinajstić information content (AvgIpc) is 1.98. The van der Waals surface area contributed by atoms with E-state index in [1.807, 2.05) is 34.6 Å². The molecule has 0 aliphatic carbocycles. The highest BCUT2D eigenvalue weighted by Gasteiger charge is 2.26. The second-order valence-electron chi connectivity index (χ2n) is 4.80. The molecule has 0 aromatic carbocycles. The van der Waals surface area contributed by atoms with Crippen LogP contribution in [0.3, 0.4) is 0 Å². The van der Waals surface area contributed by atoms with Gasteiger partial charge in [0.25, 0.3) is 0 Å². The minimum atomic E-state index is -0.456. The third kappa shape index (κ3) is 5.11. The molecule has 0 aromatic rings. The molecule has 4 heteroatoms. The zero-order chi connectivity index (χ0) is 10.7. The van der Waals surface area contributed by atoms with Crippen LogP contribution in [-0.2, 0) is 9.53 Å². The van der Waals surface area contributed by atoms with E-state index < -0.39 is 5.41 Å². The van der Waals surface area contributed by atoms with Crippen LogP contribution in [-0.4, -0.2) is 18.1 Å². The highest BCUT2D eigenvalue weighted by atomic mass is 35.5. The summed E-state index contributed by atoms with van der Waals surface area (Å²) in [6.07, 6.45) is 0. The minimum Gasteiger partial charge on any atom is -0.463 e. The van der Waals surface area contributed by atoms with Crippen LogP contribution >= 0.6 is 11.8 Å². The molecule has 0 amide bonds. The normalized spacial score (nSPS) is 12.8. The maximum atomic E-state index is 11.3. The quantitative estimate of drug-likeness (QED) is 0.569. The van der Waals surface area contributed by atoms with E-state index in [2.05, 4.69) is 4.84 Å². The Balaban J connectivity index is 3.98. The number of carbonyl (C=O) groups is 1. The summed E-state index contributed by atoms with van der Waals surface area (Å²) in [5.74, 6) is -0.215. The lowest BCUT2D eigenvalue weighted by Gasteiger charge is -2.24. The van der Waals surface area contributed by atoms with Gasteiger partial charge in [-0.3, -0.25) is 4.79 Å². The molecule has 0 rings (SSSR count). The van der Waals surface area contributed by atoms with Gasteiger partial charge in [-0.25, -0.2) is 4.84 Å². The number of hydrogen-bond donors (Lipinski definition) is 1. The molecule has 0 atom stereocenters. The first-order valence-electron chi connectivity index (χ1n) is 4.24. The molecule has 0 saturated heterocycles. The van der Waals surface area contributed by atoms with Gasteiger partial charge in [0, 0.05) is 0 Å². The number of nitrogens with one attached hydrogen (secondary N) is 1. The van der Waals surface area contributed by atoms with E-state index >= 15 is 0 Å². The summed E-state index contributed by atoms with van der Waals surface area (Å²) in [5, 5.41) is 0. The predicted octanol–water partition coefficient (Wildman–Crippen LogP) is 2.10. The lowest BCUT2D eigenvalue weighted by molar-refractivity contribution is -0.154. The van der Waals surface area contributed by atoms with Crippen LogP contribution in [0.2, 0.25) is 0 Å². The summed E-state index contributed by atoms with van der Waals surface area (Å²) in [6, 6.07) is 0. The van der Waals surface area contributed by atoms with Crippen molar-refractivity contribution in [2.75, 3.05) is 6.61 Å². The van der Waals surface area contributed by atoms with Crippen molar-refractivity contribution in [3.8, 4) is 0 Å². The first kappa shape index (κ1) is 12.7.